The Morgan fingerprint density at radius 1 is 1.04 bits per heavy atom. The van der Waals surface area contributed by atoms with Gasteiger partial charge < -0.3 is 5.32 Å². The van der Waals surface area contributed by atoms with Crippen LogP contribution in [0.5, 0.6) is 0 Å². The van der Waals surface area contributed by atoms with E-state index >= 15 is 0 Å². The van der Waals surface area contributed by atoms with E-state index in [9.17, 15) is 4.79 Å². The van der Waals surface area contributed by atoms with Gasteiger partial charge in [-0.3, -0.25) is 9.13 Å². The highest BCUT2D eigenvalue weighted by Crippen LogP contribution is 2.17. The molecule has 0 amide bonds. The number of tetrazole rings is 1. The molecule has 2 aromatic carbocycles. The lowest BCUT2D eigenvalue weighted by molar-refractivity contribution is 0.728. The monoisotopic (exact) mass is 395 g/mol. The third-order valence-electron chi connectivity index (χ3n) is 4.62. The highest BCUT2D eigenvalue weighted by molar-refractivity contribution is 7.99. The van der Waals surface area contributed by atoms with Crippen LogP contribution in [0.15, 0.2) is 58.5 Å². The van der Waals surface area contributed by atoms with Crippen molar-refractivity contribution in [2.24, 2.45) is 14.1 Å². The molecule has 0 aliphatic rings. The van der Waals surface area contributed by atoms with Crippen molar-refractivity contribution in [3.05, 3.63) is 64.6 Å². The molecular weight excluding hydrogens is 374 g/mol. The van der Waals surface area contributed by atoms with Crippen LogP contribution in [-0.2, 0) is 20.6 Å². The fourth-order valence-electron chi connectivity index (χ4n) is 3.11. The van der Waals surface area contributed by atoms with Crippen LogP contribution in [0.25, 0.3) is 16.7 Å². The third-order valence-corrected chi connectivity index (χ3v) is 5.54. The molecule has 0 aliphatic carbocycles. The summed E-state index contributed by atoms with van der Waals surface area (Å²) >= 11 is 1.61. The molecule has 1 N–H and O–H groups in total. The van der Waals surface area contributed by atoms with Crippen molar-refractivity contribution in [2.75, 3.05) is 12.3 Å². The van der Waals surface area contributed by atoms with Crippen LogP contribution in [-0.4, -0.2) is 41.6 Å². The van der Waals surface area contributed by atoms with Gasteiger partial charge in [0.1, 0.15) is 0 Å². The maximum atomic E-state index is 12.0. The molecule has 0 unspecified atom stereocenters. The number of nitrogens with one attached hydrogen (secondary N) is 1. The Kier molecular flexibility index (Phi) is 5.27. The van der Waals surface area contributed by atoms with E-state index < -0.39 is 0 Å². The van der Waals surface area contributed by atoms with Gasteiger partial charge in [0, 0.05) is 32.9 Å². The molecule has 0 saturated carbocycles. The smallest absolute Gasteiger partial charge is 0.312 e. The predicted molar refractivity (Wildman–Crippen MR) is 110 cm³/mol. The van der Waals surface area contributed by atoms with Crippen molar-refractivity contribution in [1.82, 2.24) is 34.7 Å². The molecule has 8 nitrogen and oxygen atoms in total. The van der Waals surface area contributed by atoms with Crippen LogP contribution in [0.1, 0.15) is 5.56 Å². The molecule has 9 heteroatoms. The Morgan fingerprint density at radius 2 is 1.82 bits per heavy atom. The van der Waals surface area contributed by atoms with Crippen LogP contribution in [0, 0.1) is 0 Å². The highest BCUT2D eigenvalue weighted by Gasteiger charge is 2.09. The molecule has 28 heavy (non-hydrogen) atoms. The van der Waals surface area contributed by atoms with Crippen molar-refractivity contribution in [2.45, 2.75) is 11.7 Å². The number of hydrogen-bond acceptors (Lipinski definition) is 6. The van der Waals surface area contributed by atoms with Crippen molar-refractivity contribution in [1.29, 1.82) is 0 Å². The van der Waals surface area contributed by atoms with E-state index in [0.717, 1.165) is 46.3 Å². The van der Waals surface area contributed by atoms with E-state index in [0.29, 0.717) is 0 Å². The molecule has 0 spiro atoms. The summed E-state index contributed by atoms with van der Waals surface area (Å²) in [6.07, 6.45) is 0. The summed E-state index contributed by atoms with van der Waals surface area (Å²) in [6, 6.07) is 16.0. The normalized spacial score (nSPS) is 11.4. The Labute approximate surface area is 166 Å². The minimum atomic E-state index is -0.00681. The third kappa shape index (κ3) is 3.58. The summed E-state index contributed by atoms with van der Waals surface area (Å²) < 4.78 is 5.09. The van der Waals surface area contributed by atoms with Crippen LogP contribution in [0.2, 0.25) is 0 Å². The summed E-state index contributed by atoms with van der Waals surface area (Å²) in [4.78, 5) is 12.0. The SMILES string of the molecule is Cn1c(=O)n(C)c2cc(CNCCSc3nnnn3-c3ccccc3)ccc21. The molecule has 2 aromatic heterocycles. The average Bonchev–Trinajstić information content (AvgIpc) is 3.28. The highest BCUT2D eigenvalue weighted by atomic mass is 32.2. The van der Waals surface area contributed by atoms with E-state index in [1.165, 1.54) is 0 Å². The zero-order chi connectivity index (χ0) is 19.5. The first kappa shape index (κ1) is 18.5. The van der Waals surface area contributed by atoms with Crippen molar-refractivity contribution in [3.8, 4) is 5.69 Å². The second kappa shape index (κ2) is 7.99. The number of aryl methyl sites for hydroxylation is 2. The Morgan fingerprint density at radius 3 is 2.64 bits per heavy atom. The predicted octanol–water partition coefficient (Wildman–Crippen LogP) is 1.73. The molecule has 0 radical (unpaired) electrons. The summed E-state index contributed by atoms with van der Waals surface area (Å²) in [7, 11) is 3.60. The number of thioether (sulfide) groups is 1. The number of nitrogens with zero attached hydrogens (tertiary/aromatic N) is 6. The fraction of sp³-hybridized carbons (Fsp3) is 0.263. The Bertz CT molecular complexity index is 1150. The molecular formula is C19H21N7OS. The van der Waals surface area contributed by atoms with Crippen LogP contribution >= 0.6 is 11.8 Å². The second-order valence-corrected chi connectivity index (χ2v) is 7.52. The van der Waals surface area contributed by atoms with Gasteiger partial charge >= 0.3 is 5.69 Å². The van der Waals surface area contributed by atoms with Gasteiger partial charge in [0.05, 0.1) is 16.7 Å². The Hall–Kier alpha value is -2.91. The van der Waals surface area contributed by atoms with E-state index in [1.807, 2.05) is 36.4 Å². The van der Waals surface area contributed by atoms with Gasteiger partial charge in [-0.05, 0) is 40.3 Å². The molecule has 0 saturated heterocycles. The van der Waals surface area contributed by atoms with Gasteiger partial charge in [0.25, 0.3) is 0 Å². The first-order chi connectivity index (χ1) is 13.6. The van der Waals surface area contributed by atoms with Gasteiger partial charge in [0.2, 0.25) is 5.16 Å². The van der Waals surface area contributed by atoms with Gasteiger partial charge in [-0.25, -0.2) is 4.79 Å². The molecule has 0 bridgehead atoms. The number of hydrogen-bond donors (Lipinski definition) is 1. The van der Waals surface area contributed by atoms with Gasteiger partial charge in [-0.1, -0.05) is 36.0 Å². The Balaban J connectivity index is 1.33. The average molecular weight is 395 g/mol. The first-order valence-electron chi connectivity index (χ1n) is 8.97. The number of benzene rings is 2. The maximum absolute atomic E-state index is 12.0. The molecule has 4 aromatic rings. The zero-order valence-corrected chi connectivity index (χ0v) is 16.6. The summed E-state index contributed by atoms with van der Waals surface area (Å²) in [5, 5.41) is 16.2. The van der Waals surface area contributed by atoms with Crippen LogP contribution in [0.3, 0.4) is 0 Å². The minimum absolute atomic E-state index is 0.00681. The number of aromatic nitrogens is 6. The largest absolute Gasteiger partial charge is 0.328 e. The van der Waals surface area contributed by atoms with Crippen LogP contribution in [0.4, 0.5) is 0 Å². The van der Waals surface area contributed by atoms with E-state index in [1.54, 1.807) is 39.7 Å². The fourth-order valence-corrected chi connectivity index (χ4v) is 3.90. The lowest BCUT2D eigenvalue weighted by atomic mass is 10.2. The summed E-state index contributed by atoms with van der Waals surface area (Å²) in [6.45, 7) is 1.56. The van der Waals surface area contributed by atoms with Crippen LogP contribution < -0.4 is 11.0 Å². The van der Waals surface area contributed by atoms with E-state index in [2.05, 4.69) is 33.0 Å². The standard InChI is InChI=1S/C19H21N7OS/c1-24-16-9-8-14(12-17(16)25(2)19(24)27)13-20-10-11-28-18-21-22-23-26(18)15-6-4-3-5-7-15/h3-9,12,20H,10-11,13H2,1-2H3. The topological polar surface area (TPSA) is 82.6 Å². The van der Waals surface area contributed by atoms with Gasteiger partial charge in [0.15, 0.2) is 0 Å². The first-order valence-corrected chi connectivity index (χ1v) is 9.95. The van der Waals surface area contributed by atoms with Crippen molar-refractivity contribution in [3.63, 3.8) is 0 Å². The number of para-hydroxylation sites is 1. The van der Waals surface area contributed by atoms with Gasteiger partial charge in [-0.2, -0.15) is 4.68 Å². The molecule has 144 valence electrons. The summed E-state index contributed by atoms with van der Waals surface area (Å²) in [5.41, 5.74) is 3.98. The quantitative estimate of drug-likeness (QED) is 0.379. The number of rotatable bonds is 7. The maximum Gasteiger partial charge on any atom is 0.328 e. The lowest BCUT2D eigenvalue weighted by Gasteiger charge is -2.06. The van der Waals surface area contributed by atoms with Gasteiger partial charge in [-0.15, -0.1) is 5.10 Å². The molecule has 4 rings (SSSR count). The lowest BCUT2D eigenvalue weighted by Crippen LogP contribution is -2.19. The molecule has 0 fully saturated rings. The molecule has 0 atom stereocenters. The number of imidazole rings is 1. The second-order valence-electron chi connectivity index (χ2n) is 6.46. The molecule has 0 aliphatic heterocycles. The van der Waals surface area contributed by atoms with Crippen molar-refractivity contribution < 1.29 is 0 Å². The van der Waals surface area contributed by atoms with E-state index in [-0.39, 0.29) is 5.69 Å². The minimum Gasteiger partial charge on any atom is -0.312 e. The summed E-state index contributed by atoms with van der Waals surface area (Å²) in [5.74, 6) is 0.847. The van der Waals surface area contributed by atoms with E-state index in [4.69, 9.17) is 0 Å². The zero-order valence-electron chi connectivity index (χ0n) is 15.7. The molecule has 2 heterocycles. The number of fused-ring (bicyclic) bond motifs is 1. The van der Waals surface area contributed by atoms with Crippen molar-refractivity contribution >= 4 is 22.8 Å².